The molecule has 3 N–H and O–H groups in total. The number of nitrogens with one attached hydrogen (secondary N) is 1. The lowest BCUT2D eigenvalue weighted by atomic mass is 10.2. The average molecular weight is 375 g/mol. The zero-order chi connectivity index (χ0) is 19.2. The summed E-state index contributed by atoms with van der Waals surface area (Å²) in [6, 6.07) is 13.3. The number of rotatable bonds is 8. The zero-order valence-electron chi connectivity index (χ0n) is 15.1. The normalized spacial score (nSPS) is 11.2. The summed E-state index contributed by atoms with van der Waals surface area (Å²) < 4.78 is 27.0. The highest BCUT2D eigenvalue weighted by Gasteiger charge is 2.22. The van der Waals surface area contributed by atoms with Crippen LogP contribution >= 0.6 is 0 Å². The lowest BCUT2D eigenvalue weighted by Crippen LogP contribution is -2.28. The highest BCUT2D eigenvalue weighted by molar-refractivity contribution is 7.92. The van der Waals surface area contributed by atoms with Gasteiger partial charge in [-0.15, -0.1) is 0 Å². The van der Waals surface area contributed by atoms with Crippen LogP contribution < -0.4 is 15.4 Å². The van der Waals surface area contributed by atoms with Crippen LogP contribution in [-0.4, -0.2) is 34.5 Å². The third-order valence-corrected chi connectivity index (χ3v) is 5.85. The van der Waals surface area contributed by atoms with Crippen molar-refractivity contribution in [1.29, 1.82) is 0 Å². The first kappa shape index (κ1) is 19.9. The number of benzene rings is 2. The molecular weight excluding hydrogens is 350 g/mol. The standard InChI is InChI=1S/C19H25N3O3S/c1-15-8-10-17(11-9-15)22(2)26(24,25)18-7-5-6-16(14-18)19(23)21-13-4-3-12-20/h5-11,14H,3-4,12-13,20H2,1-2H3,(H,21,23). The number of aryl methyl sites for hydroxylation is 1. The molecule has 0 aliphatic rings. The summed E-state index contributed by atoms with van der Waals surface area (Å²) in [5, 5.41) is 2.78. The molecule has 140 valence electrons. The number of nitrogens with zero attached hydrogens (tertiary/aromatic N) is 1. The molecule has 1 amide bonds. The number of sulfonamides is 1. The van der Waals surface area contributed by atoms with Crippen LogP contribution in [-0.2, 0) is 10.0 Å². The minimum absolute atomic E-state index is 0.0789. The van der Waals surface area contributed by atoms with Crippen LogP contribution in [0.25, 0.3) is 0 Å². The summed E-state index contributed by atoms with van der Waals surface area (Å²) in [4.78, 5) is 12.3. The number of hydrogen-bond acceptors (Lipinski definition) is 4. The molecule has 7 heteroatoms. The molecule has 0 aliphatic carbocycles. The highest BCUT2D eigenvalue weighted by atomic mass is 32.2. The first-order valence-corrected chi connectivity index (χ1v) is 9.94. The fourth-order valence-electron chi connectivity index (χ4n) is 2.42. The van der Waals surface area contributed by atoms with Crippen molar-refractivity contribution in [3.05, 3.63) is 59.7 Å². The van der Waals surface area contributed by atoms with Gasteiger partial charge in [-0.1, -0.05) is 23.8 Å². The Hall–Kier alpha value is -2.38. The lowest BCUT2D eigenvalue weighted by molar-refractivity contribution is 0.0953. The minimum atomic E-state index is -3.75. The Morgan fingerprint density at radius 1 is 1.12 bits per heavy atom. The third-order valence-electron chi connectivity index (χ3n) is 4.07. The highest BCUT2D eigenvalue weighted by Crippen LogP contribution is 2.23. The summed E-state index contributed by atoms with van der Waals surface area (Å²) in [7, 11) is -2.25. The molecule has 0 fully saturated rings. The van der Waals surface area contributed by atoms with Crippen molar-refractivity contribution < 1.29 is 13.2 Å². The predicted octanol–water partition coefficient (Wildman–Crippen LogP) is 2.29. The second kappa shape index (κ2) is 8.82. The van der Waals surface area contributed by atoms with E-state index in [0.717, 1.165) is 18.4 Å². The molecule has 0 saturated heterocycles. The Morgan fingerprint density at radius 3 is 2.46 bits per heavy atom. The van der Waals surface area contributed by atoms with Crippen LogP contribution in [0.4, 0.5) is 5.69 Å². The van der Waals surface area contributed by atoms with Crippen LogP contribution in [0.2, 0.25) is 0 Å². The Bertz CT molecular complexity index is 849. The summed E-state index contributed by atoms with van der Waals surface area (Å²) in [6.07, 6.45) is 1.62. The van der Waals surface area contributed by atoms with E-state index in [-0.39, 0.29) is 10.8 Å². The van der Waals surface area contributed by atoms with Crippen molar-refractivity contribution in [2.45, 2.75) is 24.7 Å². The van der Waals surface area contributed by atoms with E-state index in [1.54, 1.807) is 24.3 Å². The lowest BCUT2D eigenvalue weighted by Gasteiger charge is -2.20. The van der Waals surface area contributed by atoms with Crippen LogP contribution in [0.3, 0.4) is 0 Å². The van der Waals surface area contributed by atoms with Crippen molar-refractivity contribution in [2.24, 2.45) is 5.73 Å². The molecule has 0 aromatic heterocycles. The smallest absolute Gasteiger partial charge is 0.264 e. The van der Waals surface area contributed by atoms with Gasteiger partial charge < -0.3 is 11.1 Å². The summed E-state index contributed by atoms with van der Waals surface area (Å²) in [6.45, 7) is 3.03. The van der Waals surface area contributed by atoms with Gasteiger partial charge in [0.1, 0.15) is 0 Å². The van der Waals surface area contributed by atoms with E-state index in [4.69, 9.17) is 5.73 Å². The van der Waals surface area contributed by atoms with Crippen molar-refractivity contribution >= 4 is 21.6 Å². The van der Waals surface area contributed by atoms with E-state index in [1.165, 1.54) is 23.5 Å². The minimum Gasteiger partial charge on any atom is -0.352 e. The number of anilines is 1. The van der Waals surface area contributed by atoms with E-state index in [0.29, 0.717) is 24.3 Å². The van der Waals surface area contributed by atoms with E-state index in [2.05, 4.69) is 5.32 Å². The predicted molar refractivity (Wildman–Crippen MR) is 104 cm³/mol. The molecule has 6 nitrogen and oxygen atoms in total. The van der Waals surface area contributed by atoms with Gasteiger partial charge in [0.2, 0.25) is 0 Å². The van der Waals surface area contributed by atoms with Gasteiger partial charge in [0.25, 0.3) is 15.9 Å². The van der Waals surface area contributed by atoms with Crippen molar-refractivity contribution in [3.8, 4) is 0 Å². The SMILES string of the molecule is Cc1ccc(N(C)S(=O)(=O)c2cccc(C(=O)NCCCCN)c2)cc1. The fourth-order valence-corrected chi connectivity index (χ4v) is 3.66. The maximum Gasteiger partial charge on any atom is 0.264 e. The van der Waals surface area contributed by atoms with E-state index < -0.39 is 10.0 Å². The van der Waals surface area contributed by atoms with Gasteiger partial charge in [-0.2, -0.15) is 0 Å². The first-order valence-electron chi connectivity index (χ1n) is 8.50. The number of unbranched alkanes of at least 4 members (excludes halogenated alkanes) is 1. The number of carbonyl (C=O) groups is 1. The molecule has 0 heterocycles. The van der Waals surface area contributed by atoms with Crippen LogP contribution in [0, 0.1) is 6.92 Å². The quantitative estimate of drug-likeness (QED) is 0.693. The Morgan fingerprint density at radius 2 is 1.81 bits per heavy atom. The first-order chi connectivity index (χ1) is 12.4. The molecule has 2 aromatic carbocycles. The summed E-state index contributed by atoms with van der Waals surface area (Å²) in [5.74, 6) is -0.294. The maximum absolute atomic E-state index is 12.9. The molecule has 0 saturated carbocycles. The third kappa shape index (κ3) is 4.83. The van der Waals surface area contributed by atoms with Gasteiger partial charge >= 0.3 is 0 Å². The number of hydrogen-bond donors (Lipinski definition) is 2. The molecule has 2 rings (SSSR count). The van der Waals surface area contributed by atoms with Crippen molar-refractivity contribution in [3.63, 3.8) is 0 Å². The largest absolute Gasteiger partial charge is 0.352 e. The van der Waals surface area contributed by atoms with Gasteiger partial charge in [-0.3, -0.25) is 9.10 Å². The fraction of sp³-hybridized carbons (Fsp3) is 0.316. The average Bonchev–Trinajstić information content (AvgIpc) is 2.65. The van der Waals surface area contributed by atoms with Gasteiger partial charge in [-0.25, -0.2) is 8.42 Å². The number of carbonyl (C=O) groups excluding carboxylic acids is 1. The molecule has 0 unspecified atom stereocenters. The Labute approximate surface area is 155 Å². The van der Waals surface area contributed by atoms with Crippen molar-refractivity contribution in [1.82, 2.24) is 5.32 Å². The number of amides is 1. The van der Waals surface area contributed by atoms with Crippen LogP contribution in [0.1, 0.15) is 28.8 Å². The van der Waals surface area contributed by atoms with Crippen LogP contribution in [0.5, 0.6) is 0 Å². The maximum atomic E-state index is 12.9. The monoisotopic (exact) mass is 375 g/mol. The molecule has 0 radical (unpaired) electrons. The molecule has 0 spiro atoms. The zero-order valence-corrected chi connectivity index (χ0v) is 15.9. The number of nitrogens with two attached hydrogens (primary N) is 1. The molecule has 0 aliphatic heterocycles. The summed E-state index contributed by atoms with van der Waals surface area (Å²) >= 11 is 0. The topological polar surface area (TPSA) is 92.5 Å². The molecule has 0 atom stereocenters. The van der Waals surface area contributed by atoms with E-state index in [1.807, 2.05) is 19.1 Å². The van der Waals surface area contributed by atoms with E-state index >= 15 is 0 Å². The van der Waals surface area contributed by atoms with Gasteiger partial charge in [-0.05, 0) is 56.6 Å². The molecular formula is C19H25N3O3S. The second-order valence-corrected chi connectivity index (χ2v) is 8.06. The van der Waals surface area contributed by atoms with E-state index in [9.17, 15) is 13.2 Å². The molecule has 26 heavy (non-hydrogen) atoms. The Kier molecular flexibility index (Phi) is 6.76. The van der Waals surface area contributed by atoms with Gasteiger partial charge in [0.15, 0.2) is 0 Å². The van der Waals surface area contributed by atoms with Crippen molar-refractivity contribution in [2.75, 3.05) is 24.4 Å². The molecule has 0 bridgehead atoms. The van der Waals surface area contributed by atoms with Gasteiger partial charge in [0.05, 0.1) is 10.6 Å². The van der Waals surface area contributed by atoms with Crippen LogP contribution in [0.15, 0.2) is 53.4 Å². The Balaban J connectivity index is 2.19. The summed E-state index contributed by atoms with van der Waals surface area (Å²) in [5.41, 5.74) is 7.35. The van der Waals surface area contributed by atoms with Gasteiger partial charge in [0, 0.05) is 19.2 Å². The molecule has 2 aromatic rings. The second-order valence-electron chi connectivity index (χ2n) is 6.09.